The third-order valence-corrected chi connectivity index (χ3v) is 4.21. The van der Waals surface area contributed by atoms with Crippen LogP contribution in [0.4, 0.5) is 0 Å². The van der Waals surface area contributed by atoms with E-state index in [1.807, 2.05) is 14.0 Å². The van der Waals surface area contributed by atoms with Gasteiger partial charge in [0.25, 0.3) is 0 Å². The van der Waals surface area contributed by atoms with Gasteiger partial charge in [0, 0.05) is 25.6 Å². The molecule has 0 aromatic carbocycles. The topological polar surface area (TPSA) is 46.3 Å². The minimum Gasteiger partial charge on any atom is -0.344 e. The van der Waals surface area contributed by atoms with Crippen LogP contribution in [-0.4, -0.2) is 30.4 Å². The van der Waals surface area contributed by atoms with E-state index in [-0.39, 0.29) is 28.7 Å². The molecule has 0 bridgehead atoms. The molecule has 1 saturated carbocycles. The summed E-state index contributed by atoms with van der Waals surface area (Å²) in [5.41, 5.74) is 5.94. The molecule has 0 radical (unpaired) electrons. The van der Waals surface area contributed by atoms with E-state index in [0.717, 1.165) is 0 Å². The molecule has 1 aliphatic carbocycles. The van der Waals surface area contributed by atoms with Crippen LogP contribution >= 0.6 is 0 Å². The van der Waals surface area contributed by atoms with E-state index in [1.165, 1.54) is 0 Å². The third kappa shape index (κ3) is 1.89. The Morgan fingerprint density at radius 3 is 2.00 bits per heavy atom. The fraction of sp³-hybridized carbons (Fsp3) is 0.917. The fourth-order valence-corrected chi connectivity index (χ4v) is 2.56. The van der Waals surface area contributed by atoms with Crippen molar-refractivity contribution in [1.29, 1.82) is 0 Å². The van der Waals surface area contributed by atoms with Crippen LogP contribution in [0.2, 0.25) is 0 Å². The molecule has 3 heteroatoms. The summed E-state index contributed by atoms with van der Waals surface area (Å²) in [4.78, 5) is 13.9. The van der Waals surface area contributed by atoms with Gasteiger partial charge in [0.05, 0.1) is 0 Å². The summed E-state index contributed by atoms with van der Waals surface area (Å²) in [5.74, 6) is 0.385. The second-order valence-electron chi connectivity index (χ2n) is 6.07. The standard InChI is InChI=1S/C12H24N2O/c1-8(13)7-14(6)10(15)9-11(2,3)12(9,4)5/h8-9H,7,13H2,1-6H3. The normalized spacial score (nSPS) is 24.7. The van der Waals surface area contributed by atoms with Gasteiger partial charge in [-0.3, -0.25) is 4.79 Å². The number of rotatable bonds is 3. The van der Waals surface area contributed by atoms with Gasteiger partial charge in [-0.2, -0.15) is 0 Å². The third-order valence-electron chi connectivity index (χ3n) is 4.21. The Labute approximate surface area is 93.0 Å². The van der Waals surface area contributed by atoms with Crippen LogP contribution in [0, 0.1) is 16.7 Å². The molecule has 0 spiro atoms. The van der Waals surface area contributed by atoms with Gasteiger partial charge in [-0.1, -0.05) is 27.7 Å². The van der Waals surface area contributed by atoms with Crippen molar-refractivity contribution < 1.29 is 4.79 Å². The highest BCUT2D eigenvalue weighted by atomic mass is 16.2. The van der Waals surface area contributed by atoms with Crippen molar-refractivity contribution >= 4 is 5.91 Å². The SMILES string of the molecule is CC(N)CN(C)C(=O)C1C(C)(C)C1(C)C. The van der Waals surface area contributed by atoms with Crippen LogP contribution in [0.15, 0.2) is 0 Å². The smallest absolute Gasteiger partial charge is 0.226 e. The first-order chi connectivity index (χ1) is 6.62. The second-order valence-corrected chi connectivity index (χ2v) is 6.07. The van der Waals surface area contributed by atoms with Crippen molar-refractivity contribution in [3.05, 3.63) is 0 Å². The first kappa shape index (κ1) is 12.5. The van der Waals surface area contributed by atoms with Gasteiger partial charge in [-0.25, -0.2) is 0 Å². The van der Waals surface area contributed by atoms with E-state index < -0.39 is 0 Å². The molecule has 2 N–H and O–H groups in total. The molecular formula is C12H24N2O. The molecule has 0 aromatic rings. The van der Waals surface area contributed by atoms with E-state index >= 15 is 0 Å². The van der Waals surface area contributed by atoms with E-state index in [2.05, 4.69) is 27.7 Å². The van der Waals surface area contributed by atoms with Crippen LogP contribution in [0.25, 0.3) is 0 Å². The minimum atomic E-state index is 0.0453. The lowest BCUT2D eigenvalue weighted by Crippen LogP contribution is -2.38. The summed E-state index contributed by atoms with van der Waals surface area (Å²) in [7, 11) is 1.84. The zero-order chi connectivity index (χ0) is 12.0. The zero-order valence-electron chi connectivity index (χ0n) is 10.8. The fourth-order valence-electron chi connectivity index (χ4n) is 2.56. The molecule has 0 aliphatic heterocycles. The first-order valence-corrected chi connectivity index (χ1v) is 5.63. The zero-order valence-corrected chi connectivity index (χ0v) is 10.8. The molecule has 15 heavy (non-hydrogen) atoms. The molecule has 3 nitrogen and oxygen atoms in total. The first-order valence-electron chi connectivity index (χ1n) is 5.63. The lowest BCUT2D eigenvalue weighted by molar-refractivity contribution is -0.132. The summed E-state index contributed by atoms with van der Waals surface area (Å²) >= 11 is 0. The average Bonchev–Trinajstić information content (AvgIpc) is 2.40. The summed E-state index contributed by atoms with van der Waals surface area (Å²) in [6, 6.07) is 0.0453. The number of hydrogen-bond acceptors (Lipinski definition) is 2. The Morgan fingerprint density at radius 2 is 1.73 bits per heavy atom. The van der Waals surface area contributed by atoms with Crippen molar-refractivity contribution in [2.24, 2.45) is 22.5 Å². The maximum atomic E-state index is 12.1. The lowest BCUT2D eigenvalue weighted by atomic mass is 10.0. The largest absolute Gasteiger partial charge is 0.344 e. The Kier molecular flexibility index (Phi) is 2.90. The van der Waals surface area contributed by atoms with Crippen molar-refractivity contribution in [2.75, 3.05) is 13.6 Å². The molecule has 88 valence electrons. The van der Waals surface area contributed by atoms with Gasteiger partial charge < -0.3 is 10.6 Å². The number of carbonyl (C=O) groups excluding carboxylic acids is 1. The van der Waals surface area contributed by atoms with E-state index in [0.29, 0.717) is 6.54 Å². The Hall–Kier alpha value is -0.570. The Bertz CT molecular complexity index is 255. The molecule has 1 amide bonds. The predicted molar refractivity (Wildman–Crippen MR) is 62.3 cm³/mol. The summed E-state index contributed by atoms with van der Waals surface area (Å²) < 4.78 is 0. The van der Waals surface area contributed by atoms with Gasteiger partial charge in [-0.05, 0) is 17.8 Å². The van der Waals surface area contributed by atoms with Gasteiger partial charge in [0.2, 0.25) is 5.91 Å². The molecule has 1 unspecified atom stereocenters. The monoisotopic (exact) mass is 212 g/mol. The van der Waals surface area contributed by atoms with Gasteiger partial charge >= 0.3 is 0 Å². The van der Waals surface area contributed by atoms with Crippen LogP contribution in [-0.2, 0) is 4.79 Å². The molecule has 1 rings (SSSR count). The maximum Gasteiger partial charge on any atom is 0.226 e. The molecule has 0 saturated heterocycles. The van der Waals surface area contributed by atoms with Crippen LogP contribution in [0.5, 0.6) is 0 Å². The number of carbonyl (C=O) groups is 1. The Morgan fingerprint density at radius 1 is 1.33 bits per heavy atom. The minimum absolute atomic E-state index is 0.0453. The van der Waals surface area contributed by atoms with Crippen LogP contribution in [0.1, 0.15) is 34.6 Å². The molecular weight excluding hydrogens is 188 g/mol. The summed E-state index contributed by atoms with van der Waals surface area (Å²) in [6.07, 6.45) is 0. The summed E-state index contributed by atoms with van der Waals surface area (Å²) in [5, 5.41) is 0. The molecule has 1 fully saturated rings. The van der Waals surface area contributed by atoms with E-state index in [4.69, 9.17) is 5.73 Å². The van der Waals surface area contributed by atoms with Crippen molar-refractivity contribution in [3.63, 3.8) is 0 Å². The van der Waals surface area contributed by atoms with E-state index in [9.17, 15) is 4.79 Å². The quantitative estimate of drug-likeness (QED) is 0.770. The van der Waals surface area contributed by atoms with Gasteiger partial charge in [0.15, 0.2) is 0 Å². The lowest BCUT2D eigenvalue weighted by Gasteiger charge is -2.20. The van der Waals surface area contributed by atoms with Gasteiger partial charge in [-0.15, -0.1) is 0 Å². The number of nitrogens with two attached hydrogens (primary N) is 1. The number of likely N-dealkylation sites (N-methyl/N-ethyl adjacent to an activating group) is 1. The second kappa shape index (κ2) is 3.48. The van der Waals surface area contributed by atoms with Crippen molar-refractivity contribution in [3.8, 4) is 0 Å². The number of hydrogen-bond donors (Lipinski definition) is 1. The molecule has 0 aromatic heterocycles. The van der Waals surface area contributed by atoms with Crippen molar-refractivity contribution in [1.82, 2.24) is 4.90 Å². The predicted octanol–water partition coefficient (Wildman–Crippen LogP) is 1.47. The van der Waals surface area contributed by atoms with Crippen LogP contribution < -0.4 is 5.73 Å². The molecule has 1 aliphatic rings. The highest BCUT2D eigenvalue weighted by Gasteiger charge is 2.68. The molecule has 1 atom stereocenters. The summed E-state index contributed by atoms with van der Waals surface area (Å²) in [6.45, 7) is 11.2. The number of amides is 1. The van der Waals surface area contributed by atoms with Gasteiger partial charge in [0.1, 0.15) is 0 Å². The maximum absolute atomic E-state index is 12.1. The highest BCUT2D eigenvalue weighted by molar-refractivity contribution is 5.84. The average molecular weight is 212 g/mol. The van der Waals surface area contributed by atoms with Crippen LogP contribution in [0.3, 0.4) is 0 Å². The molecule has 0 heterocycles. The number of nitrogens with zero attached hydrogens (tertiary/aromatic N) is 1. The van der Waals surface area contributed by atoms with E-state index in [1.54, 1.807) is 4.90 Å². The highest BCUT2D eigenvalue weighted by Crippen LogP contribution is 2.68. The van der Waals surface area contributed by atoms with Crippen molar-refractivity contribution in [2.45, 2.75) is 40.7 Å². The Balaban J connectivity index is 2.65.